The standard InChI is InChI=1S/C32H24N2O2/c1-36-23-16-14-22(15-17-23)34-31(30(32(34)35)27-19-33-28-13-7-6-12-26(27)28)29-24-10-4-2-8-20(24)18-21-9-3-5-11-25(21)29/h2-19,30-31,33H,1H3. The smallest absolute Gasteiger partial charge is 0.237 e. The molecule has 5 aromatic carbocycles. The van der Waals surface area contributed by atoms with Gasteiger partial charge in [0.05, 0.1) is 19.1 Å². The number of hydrogen-bond acceptors (Lipinski definition) is 2. The summed E-state index contributed by atoms with van der Waals surface area (Å²) in [6.07, 6.45) is 2.01. The molecule has 1 saturated heterocycles. The summed E-state index contributed by atoms with van der Waals surface area (Å²) in [6.45, 7) is 0. The number of benzene rings is 5. The highest BCUT2D eigenvalue weighted by molar-refractivity contribution is 6.12. The van der Waals surface area contributed by atoms with Crippen molar-refractivity contribution in [3.8, 4) is 5.75 Å². The largest absolute Gasteiger partial charge is 0.497 e. The van der Waals surface area contributed by atoms with Gasteiger partial charge in [-0.25, -0.2) is 0 Å². The Labute approximate surface area is 208 Å². The molecular formula is C32H24N2O2. The lowest BCUT2D eigenvalue weighted by Gasteiger charge is -2.48. The predicted molar refractivity (Wildman–Crippen MR) is 146 cm³/mol. The number of methoxy groups -OCH3 is 1. The molecule has 0 saturated carbocycles. The molecule has 0 bridgehead atoms. The van der Waals surface area contributed by atoms with Crippen molar-refractivity contribution in [1.29, 1.82) is 0 Å². The molecule has 36 heavy (non-hydrogen) atoms. The summed E-state index contributed by atoms with van der Waals surface area (Å²) in [6, 6.07) is 35.1. The number of ether oxygens (including phenoxy) is 1. The summed E-state index contributed by atoms with van der Waals surface area (Å²) in [5, 5.41) is 5.81. The van der Waals surface area contributed by atoms with E-state index in [0.29, 0.717) is 0 Å². The molecule has 1 amide bonds. The number of nitrogens with one attached hydrogen (secondary N) is 1. The van der Waals surface area contributed by atoms with Gasteiger partial charge in [-0.1, -0.05) is 66.7 Å². The first-order chi connectivity index (χ1) is 17.7. The summed E-state index contributed by atoms with van der Waals surface area (Å²) in [5.74, 6) is 0.580. The van der Waals surface area contributed by atoms with Gasteiger partial charge >= 0.3 is 0 Å². The quantitative estimate of drug-likeness (QED) is 0.217. The molecule has 0 radical (unpaired) electrons. The van der Waals surface area contributed by atoms with Crippen LogP contribution in [0.5, 0.6) is 5.75 Å². The molecule has 2 atom stereocenters. The highest BCUT2D eigenvalue weighted by Gasteiger charge is 2.51. The van der Waals surface area contributed by atoms with Crippen molar-refractivity contribution in [2.75, 3.05) is 12.0 Å². The Hall–Kier alpha value is -4.57. The second-order valence-corrected chi connectivity index (χ2v) is 9.35. The number of amides is 1. The number of aromatic amines is 1. The molecule has 6 aromatic rings. The molecule has 1 aromatic heterocycles. The van der Waals surface area contributed by atoms with Gasteiger partial charge in [-0.2, -0.15) is 0 Å². The van der Waals surface area contributed by atoms with E-state index in [1.807, 2.05) is 47.5 Å². The van der Waals surface area contributed by atoms with E-state index in [9.17, 15) is 4.79 Å². The molecule has 2 heterocycles. The monoisotopic (exact) mass is 468 g/mol. The van der Waals surface area contributed by atoms with Crippen LogP contribution in [0.1, 0.15) is 23.1 Å². The lowest BCUT2D eigenvalue weighted by atomic mass is 9.74. The van der Waals surface area contributed by atoms with Gasteiger partial charge < -0.3 is 14.6 Å². The van der Waals surface area contributed by atoms with Crippen LogP contribution < -0.4 is 9.64 Å². The fourth-order valence-corrected chi connectivity index (χ4v) is 5.84. The van der Waals surface area contributed by atoms with Gasteiger partial charge in [-0.15, -0.1) is 0 Å². The van der Waals surface area contributed by atoms with Crippen molar-refractivity contribution in [1.82, 2.24) is 4.98 Å². The SMILES string of the molecule is COc1ccc(N2C(=O)C(c3c[nH]c4ccccc34)C2c2c3ccccc3cc3ccccc23)cc1. The Morgan fingerprint density at radius 1 is 0.750 bits per heavy atom. The van der Waals surface area contributed by atoms with Crippen molar-refractivity contribution in [3.63, 3.8) is 0 Å². The number of aromatic nitrogens is 1. The third-order valence-corrected chi connectivity index (χ3v) is 7.51. The molecule has 4 nitrogen and oxygen atoms in total. The Balaban J connectivity index is 1.51. The molecule has 0 aliphatic carbocycles. The van der Waals surface area contributed by atoms with Crippen LogP contribution in [-0.2, 0) is 4.79 Å². The zero-order valence-corrected chi connectivity index (χ0v) is 19.8. The molecule has 2 unspecified atom stereocenters. The number of H-pyrrole nitrogens is 1. The van der Waals surface area contributed by atoms with Gasteiger partial charge in [0.2, 0.25) is 5.91 Å². The van der Waals surface area contributed by atoms with Crippen LogP contribution in [0.2, 0.25) is 0 Å². The van der Waals surface area contributed by atoms with Crippen molar-refractivity contribution in [2.24, 2.45) is 0 Å². The number of fused-ring (bicyclic) bond motifs is 3. The van der Waals surface area contributed by atoms with E-state index in [1.54, 1.807) is 7.11 Å². The van der Waals surface area contributed by atoms with Crippen LogP contribution >= 0.6 is 0 Å². The van der Waals surface area contributed by atoms with Crippen LogP contribution in [0.3, 0.4) is 0 Å². The van der Waals surface area contributed by atoms with Crippen molar-refractivity contribution < 1.29 is 9.53 Å². The number of nitrogens with zero attached hydrogens (tertiary/aromatic N) is 1. The van der Waals surface area contributed by atoms with Crippen molar-refractivity contribution >= 4 is 44.0 Å². The maximum absolute atomic E-state index is 14.0. The van der Waals surface area contributed by atoms with E-state index in [2.05, 4.69) is 71.7 Å². The zero-order valence-electron chi connectivity index (χ0n) is 19.8. The molecule has 1 fully saturated rings. The number of β-lactam (4-membered cyclic amide) rings is 1. The van der Waals surface area contributed by atoms with Crippen LogP contribution in [0.4, 0.5) is 5.69 Å². The van der Waals surface area contributed by atoms with Crippen molar-refractivity contribution in [3.05, 3.63) is 120 Å². The molecule has 4 heteroatoms. The van der Waals surface area contributed by atoms with E-state index < -0.39 is 0 Å². The van der Waals surface area contributed by atoms with Crippen molar-refractivity contribution in [2.45, 2.75) is 12.0 Å². The van der Waals surface area contributed by atoms with E-state index in [4.69, 9.17) is 4.74 Å². The van der Waals surface area contributed by atoms with Crippen LogP contribution in [0, 0.1) is 0 Å². The Bertz CT molecular complexity index is 1710. The normalized spacial score (nSPS) is 17.6. The van der Waals surface area contributed by atoms with Gasteiger partial charge in [-0.3, -0.25) is 4.79 Å². The Kier molecular flexibility index (Phi) is 4.61. The van der Waals surface area contributed by atoms with Gasteiger partial charge in [0.15, 0.2) is 0 Å². The molecule has 1 aliphatic heterocycles. The zero-order chi connectivity index (χ0) is 24.2. The van der Waals surface area contributed by atoms with Crippen LogP contribution in [-0.4, -0.2) is 18.0 Å². The average Bonchev–Trinajstić information content (AvgIpc) is 3.34. The maximum atomic E-state index is 14.0. The fourth-order valence-electron chi connectivity index (χ4n) is 5.84. The Morgan fingerprint density at radius 2 is 1.36 bits per heavy atom. The molecule has 7 rings (SSSR count). The lowest BCUT2D eigenvalue weighted by molar-refractivity contribution is -0.126. The van der Waals surface area contributed by atoms with Crippen LogP contribution in [0.15, 0.2) is 109 Å². The van der Waals surface area contributed by atoms with E-state index >= 15 is 0 Å². The number of carbonyl (C=O) groups is 1. The predicted octanol–water partition coefficient (Wildman–Crippen LogP) is 7.35. The summed E-state index contributed by atoms with van der Waals surface area (Å²) >= 11 is 0. The molecule has 0 spiro atoms. The molecular weight excluding hydrogens is 444 g/mol. The van der Waals surface area contributed by atoms with E-state index in [0.717, 1.165) is 27.9 Å². The Morgan fingerprint density at radius 3 is 2.03 bits per heavy atom. The van der Waals surface area contributed by atoms with Crippen LogP contribution in [0.25, 0.3) is 32.4 Å². The third-order valence-electron chi connectivity index (χ3n) is 7.51. The first-order valence-electron chi connectivity index (χ1n) is 12.2. The average molecular weight is 469 g/mol. The minimum absolute atomic E-state index is 0.104. The van der Waals surface area contributed by atoms with Gasteiger partial charge in [0.1, 0.15) is 5.75 Å². The summed E-state index contributed by atoms with van der Waals surface area (Å²) in [5.41, 5.74) is 4.15. The highest BCUT2D eigenvalue weighted by Crippen LogP contribution is 2.53. The third kappa shape index (κ3) is 2.97. The molecule has 1 N–H and O–H groups in total. The van der Waals surface area contributed by atoms with Gasteiger partial charge in [0.25, 0.3) is 0 Å². The first-order valence-corrected chi connectivity index (χ1v) is 12.2. The van der Waals surface area contributed by atoms with Gasteiger partial charge in [0, 0.05) is 22.8 Å². The number of carbonyl (C=O) groups excluding carboxylic acids is 1. The van der Waals surface area contributed by atoms with Gasteiger partial charge in [-0.05, 0) is 69.1 Å². The summed E-state index contributed by atoms with van der Waals surface area (Å²) < 4.78 is 5.37. The number of hydrogen-bond donors (Lipinski definition) is 1. The minimum Gasteiger partial charge on any atom is -0.497 e. The highest BCUT2D eigenvalue weighted by atomic mass is 16.5. The minimum atomic E-state index is -0.294. The summed E-state index contributed by atoms with van der Waals surface area (Å²) in [4.78, 5) is 19.3. The first kappa shape index (κ1) is 20.8. The summed E-state index contributed by atoms with van der Waals surface area (Å²) in [7, 11) is 1.65. The molecule has 1 aliphatic rings. The fraction of sp³-hybridized carbons (Fsp3) is 0.0938. The van der Waals surface area contributed by atoms with E-state index in [1.165, 1.54) is 27.1 Å². The molecule has 174 valence electrons. The lowest BCUT2D eigenvalue weighted by Crippen LogP contribution is -2.53. The number of para-hydroxylation sites is 1. The maximum Gasteiger partial charge on any atom is 0.237 e. The number of anilines is 1. The van der Waals surface area contributed by atoms with E-state index in [-0.39, 0.29) is 17.9 Å². The topological polar surface area (TPSA) is 45.3 Å². The second kappa shape index (κ2) is 7.99. The second-order valence-electron chi connectivity index (χ2n) is 9.35. The number of rotatable bonds is 4.